The number of nitrogens with zero attached hydrogens (tertiary/aromatic N) is 3. The van der Waals surface area contributed by atoms with E-state index in [2.05, 4.69) is 26.5 Å². The summed E-state index contributed by atoms with van der Waals surface area (Å²) in [4.78, 5) is 28.6. The van der Waals surface area contributed by atoms with Crippen molar-refractivity contribution in [3.63, 3.8) is 0 Å². The number of anilines is 1. The maximum absolute atomic E-state index is 14.5. The number of carbonyl (C=O) groups is 1. The zero-order valence-electron chi connectivity index (χ0n) is 16.9. The number of piperazine rings is 1. The maximum atomic E-state index is 14.5. The average Bonchev–Trinajstić information content (AvgIpc) is 3.30. The van der Waals surface area contributed by atoms with Crippen LogP contribution in [0.1, 0.15) is 32.7 Å². The molecule has 1 N–H and O–H groups in total. The minimum Gasteiger partial charge on any atom is -0.367 e. The number of rotatable bonds is 4. The van der Waals surface area contributed by atoms with Gasteiger partial charge in [0.1, 0.15) is 5.82 Å². The standard InChI is InChI=1S/C22H23FN4O2S/c1-14-15(2)21(28)25-24-20(14)12-16-3-4-19(23)18(11-16)22(29)27-8-6-26(7-9-27)17-5-10-30-13-17/h3-5,10-11,13H,6-9,12H2,1-2H3,(H,25,28). The topological polar surface area (TPSA) is 69.3 Å². The molecule has 0 unspecified atom stereocenters. The molecule has 1 amide bonds. The van der Waals surface area contributed by atoms with Gasteiger partial charge in [-0.2, -0.15) is 16.4 Å². The lowest BCUT2D eigenvalue weighted by Gasteiger charge is -2.35. The summed E-state index contributed by atoms with van der Waals surface area (Å²) >= 11 is 1.65. The van der Waals surface area contributed by atoms with Crippen LogP contribution >= 0.6 is 11.3 Å². The van der Waals surface area contributed by atoms with E-state index in [1.54, 1.807) is 35.3 Å². The van der Waals surface area contributed by atoms with Crippen LogP contribution in [0.15, 0.2) is 39.8 Å². The van der Waals surface area contributed by atoms with E-state index in [-0.39, 0.29) is 17.0 Å². The van der Waals surface area contributed by atoms with Crippen LogP contribution in [-0.2, 0) is 6.42 Å². The molecule has 1 saturated heterocycles. The monoisotopic (exact) mass is 426 g/mol. The number of hydrogen-bond acceptors (Lipinski definition) is 5. The van der Waals surface area contributed by atoms with E-state index < -0.39 is 5.82 Å². The van der Waals surface area contributed by atoms with Crippen LogP contribution < -0.4 is 10.5 Å². The molecule has 1 aliphatic heterocycles. The lowest BCUT2D eigenvalue weighted by Crippen LogP contribution is -2.48. The zero-order valence-corrected chi connectivity index (χ0v) is 17.8. The molecule has 4 rings (SSSR count). The molecule has 156 valence electrons. The first kappa shape index (κ1) is 20.3. The summed E-state index contributed by atoms with van der Waals surface area (Å²) in [6.45, 7) is 6.15. The number of benzene rings is 1. The lowest BCUT2D eigenvalue weighted by atomic mass is 10.0. The second-order valence-electron chi connectivity index (χ2n) is 7.50. The first-order chi connectivity index (χ1) is 14.4. The van der Waals surface area contributed by atoms with E-state index >= 15 is 0 Å². The fraction of sp³-hybridized carbons (Fsp3) is 0.318. The Kier molecular flexibility index (Phi) is 5.67. The van der Waals surface area contributed by atoms with Crippen molar-refractivity contribution in [3.05, 3.63) is 79.1 Å². The van der Waals surface area contributed by atoms with Gasteiger partial charge in [0.2, 0.25) is 0 Å². The highest BCUT2D eigenvalue weighted by Crippen LogP contribution is 2.22. The first-order valence-electron chi connectivity index (χ1n) is 9.83. The predicted molar refractivity (Wildman–Crippen MR) is 116 cm³/mol. The van der Waals surface area contributed by atoms with Gasteiger partial charge in [0.25, 0.3) is 11.5 Å². The van der Waals surface area contributed by atoms with E-state index in [0.29, 0.717) is 30.8 Å². The normalized spacial score (nSPS) is 14.2. The van der Waals surface area contributed by atoms with Gasteiger partial charge in [-0.05, 0) is 48.6 Å². The minimum atomic E-state index is -0.522. The van der Waals surface area contributed by atoms with E-state index in [4.69, 9.17) is 0 Å². The Morgan fingerprint density at radius 2 is 1.93 bits per heavy atom. The molecule has 1 fully saturated rings. The van der Waals surface area contributed by atoms with Crippen molar-refractivity contribution < 1.29 is 9.18 Å². The molecule has 0 aliphatic carbocycles. The summed E-state index contributed by atoms with van der Waals surface area (Å²) in [5.41, 5.74) is 3.94. The third-order valence-corrected chi connectivity index (χ3v) is 6.37. The molecular weight excluding hydrogens is 403 g/mol. The van der Waals surface area contributed by atoms with Crippen molar-refractivity contribution in [1.82, 2.24) is 15.1 Å². The number of halogens is 1. The Hall–Kier alpha value is -3.00. The molecule has 2 aromatic heterocycles. The highest BCUT2D eigenvalue weighted by molar-refractivity contribution is 7.08. The first-order valence-corrected chi connectivity index (χ1v) is 10.8. The Labute approximate surface area is 178 Å². The number of hydrogen-bond donors (Lipinski definition) is 1. The summed E-state index contributed by atoms with van der Waals surface area (Å²) in [6.07, 6.45) is 0.413. The summed E-state index contributed by atoms with van der Waals surface area (Å²) in [7, 11) is 0. The number of aromatic amines is 1. The van der Waals surface area contributed by atoms with Crippen LogP contribution in [0.4, 0.5) is 10.1 Å². The van der Waals surface area contributed by atoms with Crippen molar-refractivity contribution in [2.24, 2.45) is 0 Å². The number of amides is 1. The van der Waals surface area contributed by atoms with E-state index in [0.717, 1.165) is 24.2 Å². The van der Waals surface area contributed by atoms with Crippen LogP contribution in [0.3, 0.4) is 0 Å². The minimum absolute atomic E-state index is 0.0790. The molecule has 1 aromatic carbocycles. The van der Waals surface area contributed by atoms with Gasteiger partial charge in [-0.1, -0.05) is 6.07 Å². The largest absolute Gasteiger partial charge is 0.367 e. The molecule has 0 saturated carbocycles. The van der Waals surface area contributed by atoms with Gasteiger partial charge in [-0.3, -0.25) is 9.59 Å². The van der Waals surface area contributed by atoms with Crippen molar-refractivity contribution in [3.8, 4) is 0 Å². The third kappa shape index (κ3) is 4.00. The molecule has 30 heavy (non-hydrogen) atoms. The summed E-state index contributed by atoms with van der Waals surface area (Å²) < 4.78 is 14.5. The van der Waals surface area contributed by atoms with Crippen LogP contribution in [0.2, 0.25) is 0 Å². The molecule has 6 nitrogen and oxygen atoms in total. The molecule has 0 spiro atoms. The third-order valence-electron chi connectivity index (χ3n) is 5.70. The van der Waals surface area contributed by atoms with E-state index in [1.165, 1.54) is 11.8 Å². The van der Waals surface area contributed by atoms with Gasteiger partial charge in [0.15, 0.2) is 0 Å². The fourth-order valence-electron chi connectivity index (χ4n) is 3.66. The quantitative estimate of drug-likeness (QED) is 0.696. The van der Waals surface area contributed by atoms with Crippen molar-refractivity contribution in [2.75, 3.05) is 31.1 Å². The number of H-pyrrole nitrogens is 1. The van der Waals surface area contributed by atoms with Crippen molar-refractivity contribution >= 4 is 22.9 Å². The second-order valence-corrected chi connectivity index (χ2v) is 8.28. The van der Waals surface area contributed by atoms with Crippen molar-refractivity contribution in [1.29, 1.82) is 0 Å². The molecule has 0 radical (unpaired) electrons. The Balaban J connectivity index is 1.50. The smallest absolute Gasteiger partial charge is 0.267 e. The summed E-state index contributed by atoms with van der Waals surface area (Å²) in [5, 5.41) is 10.7. The van der Waals surface area contributed by atoms with Gasteiger partial charge in [-0.25, -0.2) is 9.49 Å². The second kappa shape index (κ2) is 8.39. The molecule has 8 heteroatoms. The Morgan fingerprint density at radius 3 is 2.63 bits per heavy atom. The predicted octanol–water partition coefficient (Wildman–Crippen LogP) is 3.14. The van der Waals surface area contributed by atoms with Crippen LogP contribution in [-0.4, -0.2) is 47.2 Å². The van der Waals surface area contributed by atoms with Gasteiger partial charge >= 0.3 is 0 Å². The summed E-state index contributed by atoms with van der Waals surface area (Å²) in [6, 6.07) is 6.66. The number of aromatic nitrogens is 2. The van der Waals surface area contributed by atoms with Gasteiger partial charge < -0.3 is 9.80 Å². The fourth-order valence-corrected chi connectivity index (χ4v) is 4.32. The molecule has 3 heterocycles. The molecular formula is C22H23FN4O2S. The number of thiophene rings is 1. The molecule has 0 atom stereocenters. The van der Waals surface area contributed by atoms with Crippen LogP contribution in [0.5, 0.6) is 0 Å². The highest BCUT2D eigenvalue weighted by atomic mass is 32.1. The van der Waals surface area contributed by atoms with Crippen LogP contribution in [0, 0.1) is 19.7 Å². The number of carbonyl (C=O) groups excluding carboxylic acids is 1. The van der Waals surface area contributed by atoms with Crippen LogP contribution in [0.25, 0.3) is 0 Å². The lowest BCUT2D eigenvalue weighted by molar-refractivity contribution is 0.0742. The molecule has 0 bridgehead atoms. The zero-order chi connectivity index (χ0) is 21.3. The highest BCUT2D eigenvalue weighted by Gasteiger charge is 2.25. The summed E-state index contributed by atoms with van der Waals surface area (Å²) in [5.74, 6) is -0.812. The number of nitrogens with one attached hydrogen (secondary N) is 1. The molecule has 1 aliphatic rings. The molecule has 3 aromatic rings. The maximum Gasteiger partial charge on any atom is 0.267 e. The average molecular weight is 427 g/mol. The van der Waals surface area contributed by atoms with Gasteiger partial charge in [-0.15, -0.1) is 0 Å². The van der Waals surface area contributed by atoms with E-state index in [9.17, 15) is 14.0 Å². The SMILES string of the molecule is Cc1c(Cc2ccc(F)c(C(=O)N3CCN(c4ccsc4)CC3)c2)n[nH]c(=O)c1C. The van der Waals surface area contributed by atoms with Gasteiger partial charge in [0.05, 0.1) is 11.3 Å². The Bertz CT molecular complexity index is 1120. The Morgan fingerprint density at radius 1 is 1.17 bits per heavy atom. The van der Waals surface area contributed by atoms with Crippen molar-refractivity contribution in [2.45, 2.75) is 20.3 Å². The van der Waals surface area contributed by atoms with Gasteiger partial charge in [0, 0.05) is 49.2 Å². The van der Waals surface area contributed by atoms with E-state index in [1.807, 2.05) is 12.3 Å².